The lowest BCUT2D eigenvalue weighted by molar-refractivity contribution is -0.184. The minimum atomic E-state index is -4.84. The average Bonchev–Trinajstić information content (AvgIpc) is 2.15. The Bertz CT molecular complexity index is 392. The molecule has 16 heavy (non-hydrogen) atoms. The molecule has 1 amide bonds. The molecule has 0 aliphatic rings. The van der Waals surface area contributed by atoms with E-state index in [1.54, 1.807) is 18.2 Å². The molecule has 0 heterocycles. The molecule has 0 bridgehead atoms. The van der Waals surface area contributed by atoms with E-state index >= 15 is 0 Å². The normalized spacial score (nSPS) is 11.3. The van der Waals surface area contributed by atoms with Gasteiger partial charge in [-0.25, -0.2) is 0 Å². The molecule has 0 aliphatic heterocycles. The van der Waals surface area contributed by atoms with E-state index in [4.69, 9.17) is 11.6 Å². The molecule has 0 spiro atoms. The standard InChI is InChI=1S/C10H9ClF3NO/c1-15(9(16)10(12,13)14)6-7-3-2-4-8(11)5-7/h2-5H,6H2,1H3. The molecule has 0 aliphatic carbocycles. The molecule has 88 valence electrons. The van der Waals surface area contributed by atoms with Gasteiger partial charge in [-0.15, -0.1) is 0 Å². The quantitative estimate of drug-likeness (QED) is 0.792. The third-order valence-corrected chi connectivity index (χ3v) is 2.13. The molecular formula is C10H9ClF3NO. The van der Waals surface area contributed by atoms with Crippen molar-refractivity contribution in [1.29, 1.82) is 0 Å². The summed E-state index contributed by atoms with van der Waals surface area (Å²) in [5.74, 6) is -1.87. The summed E-state index contributed by atoms with van der Waals surface area (Å²) in [5.41, 5.74) is 0.549. The van der Waals surface area contributed by atoms with Crippen molar-refractivity contribution in [2.75, 3.05) is 7.05 Å². The zero-order valence-corrected chi connectivity index (χ0v) is 9.14. The maximum Gasteiger partial charge on any atom is 0.471 e. The van der Waals surface area contributed by atoms with E-state index in [1.807, 2.05) is 0 Å². The first-order valence-corrected chi connectivity index (χ1v) is 4.75. The average molecular weight is 252 g/mol. The fourth-order valence-corrected chi connectivity index (χ4v) is 1.41. The fraction of sp³-hybridized carbons (Fsp3) is 0.300. The van der Waals surface area contributed by atoms with Gasteiger partial charge < -0.3 is 4.90 Å². The van der Waals surface area contributed by atoms with Gasteiger partial charge in [0.1, 0.15) is 0 Å². The van der Waals surface area contributed by atoms with Crippen molar-refractivity contribution >= 4 is 17.5 Å². The number of halogens is 4. The molecule has 0 fully saturated rings. The fourth-order valence-electron chi connectivity index (χ4n) is 1.20. The molecule has 1 aromatic rings. The van der Waals surface area contributed by atoms with E-state index in [2.05, 4.69) is 0 Å². The van der Waals surface area contributed by atoms with Gasteiger partial charge in [0, 0.05) is 18.6 Å². The minimum Gasteiger partial charge on any atom is -0.334 e. The van der Waals surface area contributed by atoms with E-state index in [0.29, 0.717) is 15.5 Å². The number of amides is 1. The van der Waals surface area contributed by atoms with Crippen molar-refractivity contribution in [2.24, 2.45) is 0 Å². The summed E-state index contributed by atoms with van der Waals surface area (Å²) in [6.45, 7) is -0.126. The highest BCUT2D eigenvalue weighted by molar-refractivity contribution is 6.30. The number of nitrogens with zero attached hydrogens (tertiary/aromatic N) is 1. The van der Waals surface area contributed by atoms with Gasteiger partial charge in [0.15, 0.2) is 0 Å². The van der Waals surface area contributed by atoms with E-state index in [0.717, 1.165) is 7.05 Å². The van der Waals surface area contributed by atoms with Crippen LogP contribution in [0.2, 0.25) is 5.02 Å². The van der Waals surface area contributed by atoms with Crippen LogP contribution in [0.15, 0.2) is 24.3 Å². The highest BCUT2D eigenvalue weighted by Crippen LogP contribution is 2.19. The van der Waals surface area contributed by atoms with Gasteiger partial charge in [-0.1, -0.05) is 23.7 Å². The van der Waals surface area contributed by atoms with Crippen molar-refractivity contribution in [3.8, 4) is 0 Å². The summed E-state index contributed by atoms with van der Waals surface area (Å²) in [5, 5.41) is 0.422. The summed E-state index contributed by atoms with van der Waals surface area (Å²) in [4.78, 5) is 11.4. The molecule has 1 aromatic carbocycles. The molecule has 0 N–H and O–H groups in total. The Morgan fingerprint density at radius 3 is 2.56 bits per heavy atom. The van der Waals surface area contributed by atoms with Gasteiger partial charge in [-0.2, -0.15) is 13.2 Å². The topological polar surface area (TPSA) is 20.3 Å². The second-order valence-electron chi connectivity index (χ2n) is 3.29. The molecule has 0 saturated carbocycles. The van der Waals surface area contributed by atoms with Crippen LogP contribution in [-0.2, 0) is 11.3 Å². The molecule has 1 rings (SSSR count). The third-order valence-electron chi connectivity index (χ3n) is 1.90. The van der Waals surface area contributed by atoms with Crippen molar-refractivity contribution in [3.05, 3.63) is 34.9 Å². The zero-order valence-electron chi connectivity index (χ0n) is 8.38. The van der Waals surface area contributed by atoms with Crippen LogP contribution in [0, 0.1) is 0 Å². The Labute approximate surface area is 95.6 Å². The van der Waals surface area contributed by atoms with Crippen LogP contribution in [0.3, 0.4) is 0 Å². The highest BCUT2D eigenvalue weighted by Gasteiger charge is 2.41. The number of hydrogen-bond acceptors (Lipinski definition) is 1. The Hall–Kier alpha value is -1.23. The molecule has 0 saturated heterocycles. The Kier molecular flexibility index (Phi) is 3.80. The van der Waals surface area contributed by atoms with E-state index < -0.39 is 12.1 Å². The Morgan fingerprint density at radius 2 is 2.06 bits per heavy atom. The first kappa shape index (κ1) is 12.8. The Balaban J connectivity index is 2.72. The lowest BCUT2D eigenvalue weighted by Gasteiger charge is -2.18. The number of rotatable bonds is 2. The first-order valence-electron chi connectivity index (χ1n) is 4.37. The molecule has 2 nitrogen and oxygen atoms in total. The maximum atomic E-state index is 12.1. The monoisotopic (exact) mass is 251 g/mol. The van der Waals surface area contributed by atoms with Gasteiger partial charge in [-0.05, 0) is 17.7 Å². The lowest BCUT2D eigenvalue weighted by Crippen LogP contribution is -2.37. The third kappa shape index (κ3) is 3.41. The molecule has 0 aromatic heterocycles. The van der Waals surface area contributed by atoms with Crippen LogP contribution in [0.5, 0.6) is 0 Å². The predicted octanol–water partition coefficient (Wildman–Crippen LogP) is 2.86. The van der Waals surface area contributed by atoms with Crippen LogP contribution < -0.4 is 0 Å². The first-order chi connectivity index (χ1) is 7.30. The van der Waals surface area contributed by atoms with Gasteiger partial charge in [0.25, 0.3) is 0 Å². The van der Waals surface area contributed by atoms with Crippen molar-refractivity contribution in [2.45, 2.75) is 12.7 Å². The number of hydrogen-bond donors (Lipinski definition) is 0. The summed E-state index contributed by atoms with van der Waals surface area (Å²) >= 11 is 5.67. The SMILES string of the molecule is CN(Cc1cccc(Cl)c1)C(=O)C(F)(F)F. The summed E-state index contributed by atoms with van der Waals surface area (Å²) in [6, 6.07) is 6.34. The van der Waals surface area contributed by atoms with Crippen molar-refractivity contribution in [1.82, 2.24) is 4.90 Å². The van der Waals surface area contributed by atoms with E-state index in [-0.39, 0.29) is 6.54 Å². The highest BCUT2D eigenvalue weighted by atomic mass is 35.5. The van der Waals surface area contributed by atoms with Gasteiger partial charge >= 0.3 is 12.1 Å². The lowest BCUT2D eigenvalue weighted by atomic mass is 10.2. The summed E-state index contributed by atoms with van der Waals surface area (Å²) in [6.07, 6.45) is -4.84. The second kappa shape index (κ2) is 4.74. The number of benzene rings is 1. The molecule has 0 radical (unpaired) electrons. The zero-order chi connectivity index (χ0) is 12.3. The Morgan fingerprint density at radius 1 is 1.44 bits per heavy atom. The van der Waals surface area contributed by atoms with Crippen molar-refractivity contribution < 1.29 is 18.0 Å². The second-order valence-corrected chi connectivity index (χ2v) is 3.73. The van der Waals surface area contributed by atoms with Gasteiger partial charge in [-0.3, -0.25) is 4.79 Å². The minimum absolute atomic E-state index is 0.126. The van der Waals surface area contributed by atoms with Gasteiger partial charge in [0.2, 0.25) is 0 Å². The smallest absolute Gasteiger partial charge is 0.334 e. The van der Waals surface area contributed by atoms with Crippen LogP contribution in [0.4, 0.5) is 13.2 Å². The number of carbonyl (C=O) groups excluding carboxylic acids is 1. The summed E-state index contributed by atoms with van der Waals surface area (Å²) < 4.78 is 36.2. The van der Waals surface area contributed by atoms with E-state index in [1.165, 1.54) is 6.07 Å². The number of alkyl halides is 3. The van der Waals surface area contributed by atoms with Crippen LogP contribution in [0.25, 0.3) is 0 Å². The summed E-state index contributed by atoms with van der Waals surface area (Å²) in [7, 11) is 1.09. The van der Waals surface area contributed by atoms with E-state index in [9.17, 15) is 18.0 Å². The van der Waals surface area contributed by atoms with Crippen molar-refractivity contribution in [3.63, 3.8) is 0 Å². The van der Waals surface area contributed by atoms with Crippen LogP contribution >= 0.6 is 11.6 Å². The predicted molar refractivity (Wildman–Crippen MR) is 54.0 cm³/mol. The van der Waals surface area contributed by atoms with Crippen LogP contribution in [0.1, 0.15) is 5.56 Å². The largest absolute Gasteiger partial charge is 0.471 e. The van der Waals surface area contributed by atoms with Crippen LogP contribution in [-0.4, -0.2) is 24.0 Å². The molecular weight excluding hydrogens is 243 g/mol. The number of carbonyl (C=O) groups is 1. The molecule has 0 atom stereocenters. The maximum absolute atomic E-state index is 12.1. The molecule has 0 unspecified atom stereocenters. The van der Waals surface area contributed by atoms with Gasteiger partial charge in [0.05, 0.1) is 0 Å². The molecule has 6 heteroatoms.